The van der Waals surface area contributed by atoms with Crippen molar-refractivity contribution in [3.8, 4) is 11.3 Å². The number of nitrogens with zero attached hydrogens (tertiary/aromatic N) is 2. The van der Waals surface area contributed by atoms with Crippen LogP contribution in [0.4, 0.5) is 5.69 Å². The highest BCUT2D eigenvalue weighted by atomic mass is 32.2. The maximum atomic E-state index is 11.5. The smallest absolute Gasteiger partial charge is 0.278 e. The first-order valence-electron chi connectivity index (χ1n) is 7.19. The van der Waals surface area contributed by atoms with Gasteiger partial charge in [0.05, 0.1) is 33.3 Å². The third kappa shape index (κ3) is 2.46. The number of aromatic amines is 1. The molecule has 8 heteroatoms. The number of rotatable bonds is 3. The van der Waals surface area contributed by atoms with Gasteiger partial charge in [-0.25, -0.2) is 0 Å². The van der Waals surface area contributed by atoms with Crippen molar-refractivity contribution < 1.29 is 9.72 Å². The highest BCUT2D eigenvalue weighted by molar-refractivity contribution is 8.21. The molecule has 0 saturated carbocycles. The molecular formula is C16H12N4O3S. The van der Waals surface area contributed by atoms with Gasteiger partial charge in [0.15, 0.2) is 0 Å². The molecule has 24 heavy (non-hydrogen) atoms. The summed E-state index contributed by atoms with van der Waals surface area (Å²) in [4.78, 5) is 22.2. The minimum absolute atomic E-state index is 0.0143. The second-order valence-corrected chi connectivity index (χ2v) is 7.01. The topological polar surface area (TPSA) is 101 Å². The van der Waals surface area contributed by atoms with Crippen LogP contribution in [0.5, 0.6) is 0 Å². The van der Waals surface area contributed by atoms with Crippen molar-refractivity contribution >= 4 is 27.4 Å². The number of nitro groups is 1. The minimum atomic E-state index is -0.417. The SMILES string of the molecule is O=C1CC2=C(N1)/S(=C\c1cc(-c3ccccc3[N+](=O)[O-])n[nH]1)C=C2. The lowest BCUT2D eigenvalue weighted by atomic mass is 10.1. The molecule has 1 unspecified atom stereocenters. The Hall–Kier alpha value is -3.00. The van der Waals surface area contributed by atoms with Gasteiger partial charge >= 0.3 is 0 Å². The second-order valence-electron chi connectivity index (χ2n) is 5.35. The van der Waals surface area contributed by atoms with E-state index < -0.39 is 4.92 Å². The van der Waals surface area contributed by atoms with E-state index in [2.05, 4.69) is 15.5 Å². The quantitative estimate of drug-likeness (QED) is 0.509. The van der Waals surface area contributed by atoms with Gasteiger partial charge in [0.25, 0.3) is 5.69 Å². The molecule has 3 heterocycles. The van der Waals surface area contributed by atoms with Gasteiger partial charge in [-0.3, -0.25) is 20.0 Å². The zero-order valence-corrected chi connectivity index (χ0v) is 13.2. The number of nitro benzene ring substituents is 1. The van der Waals surface area contributed by atoms with Crippen LogP contribution in [0.1, 0.15) is 12.1 Å². The maximum absolute atomic E-state index is 11.5. The summed E-state index contributed by atoms with van der Waals surface area (Å²) >= 11 is 0. The average molecular weight is 340 g/mol. The number of para-hydroxylation sites is 1. The van der Waals surface area contributed by atoms with Crippen LogP contribution in [0.25, 0.3) is 11.3 Å². The van der Waals surface area contributed by atoms with Crippen molar-refractivity contribution in [3.05, 3.63) is 68.2 Å². The van der Waals surface area contributed by atoms with Crippen molar-refractivity contribution in [1.29, 1.82) is 0 Å². The van der Waals surface area contributed by atoms with Gasteiger partial charge in [-0.1, -0.05) is 12.1 Å². The molecule has 2 aromatic rings. The Morgan fingerprint density at radius 1 is 1.33 bits per heavy atom. The lowest BCUT2D eigenvalue weighted by Gasteiger charge is -2.02. The van der Waals surface area contributed by atoms with E-state index >= 15 is 0 Å². The van der Waals surface area contributed by atoms with E-state index in [-0.39, 0.29) is 22.1 Å². The van der Waals surface area contributed by atoms with Crippen LogP contribution in [-0.2, 0) is 4.79 Å². The molecule has 120 valence electrons. The van der Waals surface area contributed by atoms with Gasteiger partial charge in [-0.15, -0.1) is 10.5 Å². The molecule has 0 saturated heterocycles. The van der Waals surface area contributed by atoms with Crippen LogP contribution < -0.4 is 5.32 Å². The Labute approximate surface area is 139 Å². The molecular weight excluding hydrogens is 328 g/mol. The molecule has 0 radical (unpaired) electrons. The molecule has 1 atom stereocenters. The fourth-order valence-corrected chi connectivity index (χ4v) is 4.40. The summed E-state index contributed by atoms with van der Waals surface area (Å²) in [6.07, 6.45) is 2.39. The zero-order valence-electron chi connectivity index (χ0n) is 12.4. The third-order valence-corrected chi connectivity index (χ3v) is 5.55. The van der Waals surface area contributed by atoms with Gasteiger partial charge in [-0.2, -0.15) is 5.10 Å². The van der Waals surface area contributed by atoms with Crippen molar-refractivity contribution in [1.82, 2.24) is 15.5 Å². The molecule has 2 aliphatic heterocycles. The minimum Gasteiger partial charge on any atom is -0.320 e. The maximum Gasteiger partial charge on any atom is 0.278 e. The number of benzene rings is 1. The van der Waals surface area contributed by atoms with Crippen LogP contribution in [0, 0.1) is 10.1 Å². The highest BCUT2D eigenvalue weighted by Crippen LogP contribution is 2.39. The summed E-state index contributed by atoms with van der Waals surface area (Å²) in [7, 11) is -0.325. The number of allylic oxidation sites excluding steroid dienone is 1. The number of carbonyl (C=O) groups excluding carboxylic acids is 1. The first-order chi connectivity index (χ1) is 11.6. The van der Waals surface area contributed by atoms with Gasteiger partial charge < -0.3 is 5.32 Å². The third-order valence-electron chi connectivity index (χ3n) is 3.78. The molecule has 0 spiro atoms. The Bertz CT molecular complexity index is 971. The lowest BCUT2D eigenvalue weighted by Crippen LogP contribution is -2.13. The monoisotopic (exact) mass is 340 g/mol. The second kappa shape index (κ2) is 5.57. The summed E-state index contributed by atoms with van der Waals surface area (Å²) in [5.74, 6) is 0.0143. The summed E-state index contributed by atoms with van der Waals surface area (Å²) < 4.78 is 0. The lowest BCUT2D eigenvalue weighted by molar-refractivity contribution is -0.384. The standard InChI is InChI=1S/C16H12N4O3S/c21-15-7-10-5-6-24(16(10)17-15)9-11-8-13(19-18-11)12-3-1-2-4-14(12)20(22)23/h1-6,8-9H,7H2,(H,17,21)(H,18,19). The molecule has 4 rings (SSSR count). The largest absolute Gasteiger partial charge is 0.320 e. The van der Waals surface area contributed by atoms with E-state index in [9.17, 15) is 14.9 Å². The number of hydrogen-bond donors (Lipinski definition) is 2. The predicted octanol–water partition coefficient (Wildman–Crippen LogP) is 2.66. The number of carbonyl (C=O) groups is 1. The van der Waals surface area contributed by atoms with E-state index in [0.717, 1.165) is 16.3 Å². The van der Waals surface area contributed by atoms with Crippen LogP contribution in [-0.4, -0.2) is 26.4 Å². The molecule has 0 bridgehead atoms. The highest BCUT2D eigenvalue weighted by Gasteiger charge is 2.24. The Kier molecular flexibility index (Phi) is 3.39. The molecule has 0 fully saturated rings. The average Bonchev–Trinajstić information content (AvgIpc) is 3.25. The number of nitrogens with one attached hydrogen (secondary N) is 2. The summed E-state index contributed by atoms with van der Waals surface area (Å²) in [5, 5.41) is 26.1. The number of aromatic nitrogens is 2. The first-order valence-corrected chi connectivity index (χ1v) is 8.54. The molecule has 1 aromatic carbocycles. The van der Waals surface area contributed by atoms with E-state index in [4.69, 9.17) is 0 Å². The predicted molar refractivity (Wildman–Crippen MR) is 92.4 cm³/mol. The fourth-order valence-electron chi connectivity index (χ4n) is 2.69. The zero-order chi connectivity index (χ0) is 16.7. The molecule has 2 N–H and O–H groups in total. The van der Waals surface area contributed by atoms with Crippen LogP contribution in [0.2, 0.25) is 0 Å². The van der Waals surface area contributed by atoms with Gasteiger partial charge in [0.1, 0.15) is 0 Å². The first kappa shape index (κ1) is 14.6. The summed E-state index contributed by atoms with van der Waals surface area (Å²) in [6, 6.07) is 8.28. The fraction of sp³-hybridized carbons (Fsp3) is 0.0625. The number of H-pyrrole nitrogens is 1. The summed E-state index contributed by atoms with van der Waals surface area (Å²) in [6.45, 7) is 0. The molecule has 1 amide bonds. The van der Waals surface area contributed by atoms with E-state index in [0.29, 0.717) is 17.7 Å². The van der Waals surface area contributed by atoms with Crippen LogP contribution in [0.15, 0.2) is 52.4 Å². The van der Waals surface area contributed by atoms with Gasteiger partial charge in [0, 0.05) is 6.07 Å². The van der Waals surface area contributed by atoms with Crippen LogP contribution in [0.3, 0.4) is 0 Å². The van der Waals surface area contributed by atoms with Crippen LogP contribution >= 0.6 is 10.5 Å². The molecule has 0 aliphatic carbocycles. The molecule has 1 aromatic heterocycles. The van der Waals surface area contributed by atoms with E-state index in [1.165, 1.54) is 6.07 Å². The van der Waals surface area contributed by atoms with Crippen molar-refractivity contribution in [3.63, 3.8) is 0 Å². The van der Waals surface area contributed by atoms with Crippen molar-refractivity contribution in [2.75, 3.05) is 0 Å². The van der Waals surface area contributed by atoms with Crippen molar-refractivity contribution in [2.45, 2.75) is 6.42 Å². The molecule has 7 nitrogen and oxygen atoms in total. The molecule has 2 aliphatic rings. The Morgan fingerprint density at radius 3 is 3.00 bits per heavy atom. The van der Waals surface area contributed by atoms with Gasteiger partial charge in [0.2, 0.25) is 5.91 Å². The van der Waals surface area contributed by atoms with E-state index in [1.807, 2.05) is 16.9 Å². The van der Waals surface area contributed by atoms with Crippen molar-refractivity contribution in [2.24, 2.45) is 0 Å². The number of amides is 1. The number of hydrogen-bond acceptors (Lipinski definition) is 4. The van der Waals surface area contributed by atoms with E-state index in [1.54, 1.807) is 24.3 Å². The summed E-state index contributed by atoms with van der Waals surface area (Å²) in [5.41, 5.74) is 2.79. The van der Waals surface area contributed by atoms with Gasteiger partial charge in [-0.05, 0) is 34.6 Å². The Balaban J connectivity index is 1.68. The normalized spacial score (nSPS) is 19.0. The Morgan fingerprint density at radius 2 is 2.17 bits per heavy atom.